The van der Waals surface area contributed by atoms with Gasteiger partial charge in [0.1, 0.15) is 11.3 Å². The van der Waals surface area contributed by atoms with E-state index in [0.717, 1.165) is 28.8 Å². The van der Waals surface area contributed by atoms with Gasteiger partial charge in [-0.1, -0.05) is 23.7 Å². The van der Waals surface area contributed by atoms with Gasteiger partial charge in [0.15, 0.2) is 0 Å². The highest BCUT2D eigenvalue weighted by Gasteiger charge is 2.15. The molecule has 0 unspecified atom stereocenters. The number of hydrogen-bond acceptors (Lipinski definition) is 5. The molecular formula is C22H25ClN2O3. The standard InChI is InChI=1S/C22H25ClN2O3/c1-14-9-21-18(11-19(14)23)16(10-22(26)28-21)12-24-13-20(25(2)3)15-5-7-17(27-4)8-6-15/h5-11,20,24H,12-13H2,1-4H3/t20-/m1/s1. The third kappa shape index (κ3) is 4.55. The van der Waals surface area contributed by atoms with Crippen LogP contribution in [-0.4, -0.2) is 32.6 Å². The van der Waals surface area contributed by atoms with E-state index in [-0.39, 0.29) is 11.7 Å². The van der Waals surface area contributed by atoms with Crippen LogP contribution in [0.5, 0.6) is 5.75 Å². The van der Waals surface area contributed by atoms with Gasteiger partial charge in [-0.3, -0.25) is 0 Å². The van der Waals surface area contributed by atoms with Gasteiger partial charge in [-0.2, -0.15) is 0 Å². The van der Waals surface area contributed by atoms with Crippen LogP contribution in [0.3, 0.4) is 0 Å². The number of halogens is 1. The van der Waals surface area contributed by atoms with Gasteiger partial charge in [0.05, 0.1) is 7.11 Å². The van der Waals surface area contributed by atoms with E-state index in [4.69, 9.17) is 20.8 Å². The Morgan fingerprint density at radius 1 is 1.18 bits per heavy atom. The minimum absolute atomic E-state index is 0.183. The fraction of sp³-hybridized carbons (Fsp3) is 0.318. The summed E-state index contributed by atoms with van der Waals surface area (Å²) in [5.74, 6) is 0.837. The lowest BCUT2D eigenvalue weighted by Crippen LogP contribution is -2.31. The molecule has 148 valence electrons. The molecule has 3 rings (SSSR count). The third-order valence-electron chi connectivity index (χ3n) is 4.89. The van der Waals surface area contributed by atoms with Crippen LogP contribution in [0, 0.1) is 6.92 Å². The molecule has 0 bridgehead atoms. The average molecular weight is 401 g/mol. The summed E-state index contributed by atoms with van der Waals surface area (Å²) >= 11 is 6.27. The van der Waals surface area contributed by atoms with Gasteiger partial charge in [0.2, 0.25) is 0 Å². The second kappa shape index (κ2) is 8.78. The minimum Gasteiger partial charge on any atom is -0.497 e. The van der Waals surface area contributed by atoms with Crippen molar-refractivity contribution in [2.45, 2.75) is 19.5 Å². The first kappa shape index (κ1) is 20.4. The summed E-state index contributed by atoms with van der Waals surface area (Å²) in [4.78, 5) is 14.1. The highest BCUT2D eigenvalue weighted by atomic mass is 35.5. The van der Waals surface area contributed by atoms with Crippen molar-refractivity contribution in [3.05, 3.63) is 74.6 Å². The first-order chi connectivity index (χ1) is 13.4. The second-order valence-electron chi connectivity index (χ2n) is 7.07. The Kier molecular flexibility index (Phi) is 6.39. The smallest absolute Gasteiger partial charge is 0.336 e. The van der Waals surface area contributed by atoms with Crippen molar-refractivity contribution < 1.29 is 9.15 Å². The summed E-state index contributed by atoms with van der Waals surface area (Å²) in [7, 11) is 5.76. The van der Waals surface area contributed by atoms with Gasteiger partial charge < -0.3 is 19.4 Å². The predicted molar refractivity (Wildman–Crippen MR) is 113 cm³/mol. The maximum absolute atomic E-state index is 11.9. The Bertz CT molecular complexity index is 1010. The maximum atomic E-state index is 11.9. The number of ether oxygens (including phenoxy) is 1. The lowest BCUT2D eigenvalue weighted by molar-refractivity contribution is 0.288. The summed E-state index contributed by atoms with van der Waals surface area (Å²) in [6, 6.07) is 13.4. The molecule has 1 atom stereocenters. The van der Waals surface area contributed by atoms with Crippen molar-refractivity contribution in [2.75, 3.05) is 27.7 Å². The molecule has 0 spiro atoms. The van der Waals surface area contributed by atoms with Gasteiger partial charge in [0, 0.05) is 35.6 Å². The second-order valence-corrected chi connectivity index (χ2v) is 7.48. The predicted octanol–water partition coefficient (Wildman–Crippen LogP) is 4.16. The molecule has 1 N–H and O–H groups in total. The van der Waals surface area contributed by atoms with Crippen molar-refractivity contribution in [3.8, 4) is 5.75 Å². The van der Waals surface area contributed by atoms with Crippen molar-refractivity contribution in [1.82, 2.24) is 10.2 Å². The monoisotopic (exact) mass is 400 g/mol. The first-order valence-electron chi connectivity index (χ1n) is 9.13. The van der Waals surface area contributed by atoms with Crippen LogP contribution in [-0.2, 0) is 6.54 Å². The normalized spacial score (nSPS) is 12.5. The molecule has 0 aliphatic carbocycles. The third-order valence-corrected chi connectivity index (χ3v) is 5.29. The SMILES string of the molecule is COc1ccc([C@@H](CNCc2cc(=O)oc3cc(C)c(Cl)cc23)N(C)C)cc1. The van der Waals surface area contributed by atoms with Crippen LogP contribution < -0.4 is 15.7 Å². The number of nitrogens with one attached hydrogen (secondary N) is 1. The van der Waals surface area contributed by atoms with E-state index in [9.17, 15) is 4.79 Å². The lowest BCUT2D eigenvalue weighted by Gasteiger charge is -2.25. The molecule has 3 aromatic rings. The molecule has 2 aromatic carbocycles. The molecular weight excluding hydrogens is 376 g/mol. The van der Waals surface area contributed by atoms with Crippen LogP contribution >= 0.6 is 11.6 Å². The first-order valence-corrected chi connectivity index (χ1v) is 9.51. The Morgan fingerprint density at radius 3 is 2.54 bits per heavy atom. The van der Waals surface area contributed by atoms with E-state index in [0.29, 0.717) is 17.2 Å². The summed E-state index contributed by atoms with van der Waals surface area (Å²) in [6.45, 7) is 3.16. The summed E-state index contributed by atoms with van der Waals surface area (Å²) in [5, 5.41) is 4.98. The Morgan fingerprint density at radius 2 is 1.89 bits per heavy atom. The Hall–Kier alpha value is -2.34. The molecule has 0 aliphatic heterocycles. The molecule has 1 heterocycles. The zero-order valence-corrected chi connectivity index (χ0v) is 17.3. The van der Waals surface area contributed by atoms with Gasteiger partial charge in [-0.25, -0.2) is 4.79 Å². The molecule has 0 amide bonds. The summed E-state index contributed by atoms with van der Waals surface area (Å²) < 4.78 is 10.6. The highest BCUT2D eigenvalue weighted by Crippen LogP contribution is 2.25. The average Bonchev–Trinajstić information content (AvgIpc) is 2.66. The van der Waals surface area contributed by atoms with Crippen molar-refractivity contribution in [2.24, 2.45) is 0 Å². The van der Waals surface area contributed by atoms with E-state index in [1.807, 2.05) is 45.3 Å². The van der Waals surface area contributed by atoms with Gasteiger partial charge in [0.25, 0.3) is 0 Å². The number of hydrogen-bond donors (Lipinski definition) is 1. The molecule has 0 aliphatic rings. The summed E-state index contributed by atoms with van der Waals surface area (Å²) in [5.41, 5.74) is 3.15. The quantitative estimate of drug-likeness (QED) is 0.603. The molecule has 5 nitrogen and oxygen atoms in total. The zero-order valence-electron chi connectivity index (χ0n) is 16.6. The van der Waals surface area contributed by atoms with Crippen LogP contribution in [0.2, 0.25) is 5.02 Å². The Labute approximate surface area is 169 Å². The number of nitrogens with zero attached hydrogens (tertiary/aromatic N) is 1. The van der Waals surface area contributed by atoms with Gasteiger partial charge in [-0.05, 0) is 62.0 Å². The molecule has 0 saturated heterocycles. The van der Waals surface area contributed by atoms with E-state index in [2.05, 4.69) is 22.3 Å². The lowest BCUT2D eigenvalue weighted by atomic mass is 10.0. The molecule has 1 aromatic heterocycles. The summed E-state index contributed by atoms with van der Waals surface area (Å²) in [6.07, 6.45) is 0. The maximum Gasteiger partial charge on any atom is 0.336 e. The molecule has 0 radical (unpaired) electrons. The molecule has 0 fully saturated rings. The number of likely N-dealkylation sites (N-methyl/N-ethyl adjacent to an activating group) is 1. The fourth-order valence-corrected chi connectivity index (χ4v) is 3.43. The van der Waals surface area contributed by atoms with E-state index >= 15 is 0 Å². The van der Waals surface area contributed by atoms with Crippen LogP contribution in [0.25, 0.3) is 11.0 Å². The van der Waals surface area contributed by atoms with Crippen LogP contribution in [0.4, 0.5) is 0 Å². The van der Waals surface area contributed by atoms with Gasteiger partial charge >= 0.3 is 5.63 Å². The minimum atomic E-state index is -0.356. The number of fused-ring (bicyclic) bond motifs is 1. The topological polar surface area (TPSA) is 54.7 Å². The number of aryl methyl sites for hydroxylation is 1. The zero-order chi connectivity index (χ0) is 20.3. The highest BCUT2D eigenvalue weighted by molar-refractivity contribution is 6.32. The van der Waals surface area contributed by atoms with Crippen LogP contribution in [0.15, 0.2) is 51.7 Å². The van der Waals surface area contributed by atoms with E-state index in [1.165, 1.54) is 11.6 Å². The Balaban J connectivity index is 1.78. The fourth-order valence-electron chi connectivity index (χ4n) is 3.26. The largest absolute Gasteiger partial charge is 0.497 e. The number of rotatable bonds is 7. The number of methoxy groups -OCH3 is 1. The molecule has 28 heavy (non-hydrogen) atoms. The van der Waals surface area contributed by atoms with Crippen molar-refractivity contribution >= 4 is 22.6 Å². The van der Waals surface area contributed by atoms with Crippen molar-refractivity contribution in [1.29, 1.82) is 0 Å². The van der Waals surface area contributed by atoms with E-state index in [1.54, 1.807) is 7.11 Å². The van der Waals surface area contributed by atoms with Crippen molar-refractivity contribution in [3.63, 3.8) is 0 Å². The van der Waals surface area contributed by atoms with Crippen LogP contribution in [0.1, 0.15) is 22.7 Å². The van der Waals surface area contributed by atoms with Gasteiger partial charge in [-0.15, -0.1) is 0 Å². The number of benzene rings is 2. The van der Waals surface area contributed by atoms with E-state index < -0.39 is 0 Å². The molecule has 0 saturated carbocycles. The molecule has 6 heteroatoms.